The van der Waals surface area contributed by atoms with Gasteiger partial charge in [-0.3, -0.25) is 14.7 Å². The first-order valence-electron chi connectivity index (χ1n) is 9.37. The van der Waals surface area contributed by atoms with Crippen molar-refractivity contribution >= 4 is 11.9 Å². The van der Waals surface area contributed by atoms with E-state index >= 15 is 0 Å². The van der Waals surface area contributed by atoms with Crippen LogP contribution in [-0.4, -0.2) is 73.0 Å². The van der Waals surface area contributed by atoms with Gasteiger partial charge in [0.25, 0.3) is 0 Å². The van der Waals surface area contributed by atoms with E-state index in [9.17, 15) is 4.79 Å². The molecule has 0 aliphatic carbocycles. The Bertz CT molecular complexity index is 608. The van der Waals surface area contributed by atoms with Gasteiger partial charge in [-0.05, 0) is 38.3 Å². The largest absolute Gasteiger partial charge is 0.357 e. The minimum atomic E-state index is 0.164. The molecule has 2 rings (SSSR count). The van der Waals surface area contributed by atoms with Crippen LogP contribution in [0.3, 0.4) is 0 Å². The van der Waals surface area contributed by atoms with Crippen molar-refractivity contribution in [3.63, 3.8) is 0 Å². The standard InChI is InChI=1S/C19H32N6O/c1-5-20-19(22-13-17-15(2)7-6-10-21-17)23-16-8-11-25(12-9-16)14-18(26)24(3)4/h6-7,10,16H,5,8-9,11-14H2,1-4H3,(H2,20,22,23). The minimum absolute atomic E-state index is 0.164. The van der Waals surface area contributed by atoms with Gasteiger partial charge in [0.15, 0.2) is 5.96 Å². The third-order valence-electron chi connectivity index (χ3n) is 4.64. The quantitative estimate of drug-likeness (QED) is 0.585. The number of guanidine groups is 1. The lowest BCUT2D eigenvalue weighted by atomic mass is 10.1. The van der Waals surface area contributed by atoms with Crippen LogP contribution in [0, 0.1) is 6.92 Å². The predicted molar refractivity (Wildman–Crippen MR) is 105 cm³/mol. The smallest absolute Gasteiger partial charge is 0.236 e. The zero-order chi connectivity index (χ0) is 18.9. The number of piperidine rings is 1. The summed E-state index contributed by atoms with van der Waals surface area (Å²) in [6.45, 7) is 7.88. The zero-order valence-corrected chi connectivity index (χ0v) is 16.5. The third-order valence-corrected chi connectivity index (χ3v) is 4.64. The molecule has 0 radical (unpaired) electrons. The van der Waals surface area contributed by atoms with Crippen LogP contribution in [-0.2, 0) is 11.3 Å². The van der Waals surface area contributed by atoms with Gasteiger partial charge < -0.3 is 15.5 Å². The maximum Gasteiger partial charge on any atom is 0.236 e. The number of rotatable bonds is 6. The number of carbonyl (C=O) groups excluding carboxylic acids is 1. The number of aromatic nitrogens is 1. The van der Waals surface area contributed by atoms with Crippen molar-refractivity contribution < 1.29 is 4.79 Å². The molecule has 7 nitrogen and oxygen atoms in total. The van der Waals surface area contributed by atoms with Gasteiger partial charge in [0, 0.05) is 46.0 Å². The number of carbonyl (C=O) groups is 1. The van der Waals surface area contributed by atoms with Crippen LogP contribution >= 0.6 is 0 Å². The average molecular weight is 361 g/mol. The van der Waals surface area contributed by atoms with Gasteiger partial charge in [-0.15, -0.1) is 0 Å². The number of hydrogen-bond donors (Lipinski definition) is 2. The van der Waals surface area contributed by atoms with E-state index in [2.05, 4.69) is 45.4 Å². The van der Waals surface area contributed by atoms with Gasteiger partial charge in [-0.2, -0.15) is 0 Å². The van der Waals surface area contributed by atoms with E-state index in [0.29, 0.717) is 19.1 Å². The Morgan fingerprint density at radius 2 is 2.12 bits per heavy atom. The second-order valence-electron chi connectivity index (χ2n) is 6.95. The molecule has 1 aromatic heterocycles. The van der Waals surface area contributed by atoms with Crippen LogP contribution in [0.4, 0.5) is 0 Å². The van der Waals surface area contributed by atoms with Crippen LogP contribution in [0.5, 0.6) is 0 Å². The number of amides is 1. The van der Waals surface area contributed by atoms with Gasteiger partial charge in [0.05, 0.1) is 18.8 Å². The number of pyridine rings is 1. The van der Waals surface area contributed by atoms with Crippen molar-refractivity contribution in [1.29, 1.82) is 0 Å². The molecule has 2 heterocycles. The maximum absolute atomic E-state index is 11.8. The molecule has 2 N–H and O–H groups in total. The van der Waals surface area contributed by atoms with Crippen molar-refractivity contribution in [3.8, 4) is 0 Å². The maximum atomic E-state index is 11.8. The molecule has 1 aliphatic rings. The van der Waals surface area contributed by atoms with E-state index in [0.717, 1.165) is 49.7 Å². The Morgan fingerprint density at radius 3 is 2.73 bits per heavy atom. The topological polar surface area (TPSA) is 72.9 Å². The van der Waals surface area contributed by atoms with E-state index in [4.69, 9.17) is 0 Å². The molecular formula is C19H32N6O. The van der Waals surface area contributed by atoms with Crippen LogP contribution in [0.25, 0.3) is 0 Å². The molecule has 26 heavy (non-hydrogen) atoms. The molecule has 1 saturated heterocycles. The summed E-state index contributed by atoms with van der Waals surface area (Å²) in [7, 11) is 3.61. The van der Waals surface area contributed by atoms with Crippen molar-refractivity contribution in [3.05, 3.63) is 29.6 Å². The molecule has 0 bridgehead atoms. The number of likely N-dealkylation sites (N-methyl/N-ethyl adjacent to an activating group) is 1. The highest BCUT2D eigenvalue weighted by Crippen LogP contribution is 2.10. The SMILES string of the molecule is CCNC(=NCc1ncccc1C)NC1CCN(CC(=O)N(C)C)CC1. The van der Waals surface area contributed by atoms with Gasteiger partial charge in [0.2, 0.25) is 5.91 Å². The van der Waals surface area contributed by atoms with Crippen LogP contribution in [0.1, 0.15) is 31.0 Å². The lowest BCUT2D eigenvalue weighted by Gasteiger charge is -2.33. The molecule has 0 aromatic carbocycles. The number of aryl methyl sites for hydroxylation is 1. The number of nitrogens with zero attached hydrogens (tertiary/aromatic N) is 4. The average Bonchev–Trinajstić information content (AvgIpc) is 2.62. The lowest BCUT2D eigenvalue weighted by Crippen LogP contribution is -2.50. The molecule has 0 atom stereocenters. The summed E-state index contributed by atoms with van der Waals surface area (Å²) in [5.74, 6) is 0.998. The first kappa shape index (κ1) is 20.2. The first-order chi connectivity index (χ1) is 12.5. The van der Waals surface area contributed by atoms with Crippen molar-refractivity contribution in [2.45, 2.75) is 39.3 Å². The van der Waals surface area contributed by atoms with E-state index in [1.807, 2.05) is 12.3 Å². The Kier molecular flexibility index (Phi) is 7.84. The summed E-state index contributed by atoms with van der Waals surface area (Å²) in [4.78, 5) is 24.8. The molecule has 0 unspecified atom stereocenters. The monoisotopic (exact) mass is 360 g/mol. The zero-order valence-electron chi connectivity index (χ0n) is 16.5. The van der Waals surface area contributed by atoms with Gasteiger partial charge in [-0.25, -0.2) is 4.99 Å². The fourth-order valence-electron chi connectivity index (χ4n) is 2.92. The van der Waals surface area contributed by atoms with E-state index < -0.39 is 0 Å². The highest BCUT2D eigenvalue weighted by atomic mass is 16.2. The first-order valence-corrected chi connectivity index (χ1v) is 9.37. The number of hydrogen-bond acceptors (Lipinski definition) is 4. The van der Waals surface area contributed by atoms with E-state index in [1.165, 1.54) is 0 Å². The number of aliphatic imine (C=N–C) groups is 1. The summed E-state index contributed by atoms with van der Waals surface area (Å²) < 4.78 is 0. The van der Waals surface area contributed by atoms with Crippen molar-refractivity contribution in [1.82, 2.24) is 25.4 Å². The van der Waals surface area contributed by atoms with Crippen molar-refractivity contribution in [2.75, 3.05) is 40.3 Å². The van der Waals surface area contributed by atoms with Crippen LogP contribution in [0.15, 0.2) is 23.3 Å². The Balaban J connectivity index is 1.85. The highest BCUT2D eigenvalue weighted by molar-refractivity contribution is 5.80. The molecule has 0 saturated carbocycles. The van der Waals surface area contributed by atoms with E-state index in [1.54, 1.807) is 19.0 Å². The predicted octanol–water partition coefficient (Wildman–Crippen LogP) is 0.998. The second-order valence-corrected chi connectivity index (χ2v) is 6.95. The number of nitrogens with one attached hydrogen (secondary N) is 2. The van der Waals surface area contributed by atoms with Crippen LogP contribution in [0.2, 0.25) is 0 Å². The summed E-state index contributed by atoms with van der Waals surface area (Å²) in [6.07, 6.45) is 3.82. The molecule has 0 spiro atoms. The second kappa shape index (κ2) is 10.1. The molecule has 1 amide bonds. The normalized spacial score (nSPS) is 16.4. The highest BCUT2D eigenvalue weighted by Gasteiger charge is 2.22. The summed E-state index contributed by atoms with van der Waals surface area (Å²) >= 11 is 0. The van der Waals surface area contributed by atoms with Gasteiger partial charge in [-0.1, -0.05) is 6.07 Å². The summed E-state index contributed by atoms with van der Waals surface area (Å²) in [5.41, 5.74) is 2.16. The fraction of sp³-hybridized carbons (Fsp3) is 0.632. The molecule has 1 aromatic rings. The molecule has 1 aliphatic heterocycles. The summed E-state index contributed by atoms with van der Waals surface area (Å²) in [6, 6.07) is 4.38. The molecule has 7 heteroatoms. The van der Waals surface area contributed by atoms with E-state index in [-0.39, 0.29) is 5.91 Å². The van der Waals surface area contributed by atoms with Gasteiger partial charge in [0.1, 0.15) is 0 Å². The Morgan fingerprint density at radius 1 is 1.38 bits per heavy atom. The van der Waals surface area contributed by atoms with Crippen LogP contribution < -0.4 is 10.6 Å². The minimum Gasteiger partial charge on any atom is -0.357 e. The summed E-state index contributed by atoms with van der Waals surface area (Å²) in [5, 5.41) is 6.85. The van der Waals surface area contributed by atoms with Crippen molar-refractivity contribution in [2.24, 2.45) is 4.99 Å². The van der Waals surface area contributed by atoms with Gasteiger partial charge >= 0.3 is 0 Å². The molecule has 1 fully saturated rings. The molecular weight excluding hydrogens is 328 g/mol. The third kappa shape index (κ3) is 6.29. The Labute approximate surface area is 156 Å². The Hall–Kier alpha value is -2.15. The fourth-order valence-corrected chi connectivity index (χ4v) is 2.92. The lowest BCUT2D eigenvalue weighted by molar-refractivity contribution is -0.130. The number of likely N-dealkylation sites (tertiary alicyclic amines) is 1. The molecule has 144 valence electrons.